The van der Waals surface area contributed by atoms with E-state index in [1.807, 2.05) is 7.05 Å². The molecule has 58 valence electrons. The van der Waals surface area contributed by atoms with Gasteiger partial charge in [-0.2, -0.15) is 4.91 Å². The topological polar surface area (TPSA) is 41.5 Å². The van der Waals surface area contributed by atoms with Gasteiger partial charge in [0.2, 0.25) is 0 Å². The maximum atomic E-state index is 10.1. The van der Waals surface area contributed by atoms with Crippen molar-refractivity contribution in [2.24, 2.45) is 5.18 Å². The minimum absolute atomic E-state index is 0.101. The van der Waals surface area contributed by atoms with Crippen LogP contribution in [0.3, 0.4) is 0 Å². The molecule has 0 heterocycles. The van der Waals surface area contributed by atoms with Crippen molar-refractivity contribution < 1.29 is 0 Å². The predicted octanol–water partition coefficient (Wildman–Crippen LogP) is 1.28. The van der Waals surface area contributed by atoms with Crippen LogP contribution in [0.5, 0.6) is 0 Å². The fourth-order valence-corrected chi connectivity index (χ4v) is 1.47. The van der Waals surface area contributed by atoms with Crippen LogP contribution in [-0.4, -0.2) is 19.1 Å². The second-order valence-electron chi connectivity index (χ2n) is 2.90. The van der Waals surface area contributed by atoms with Gasteiger partial charge in [0.1, 0.15) is 0 Å². The molecule has 1 N–H and O–H groups in total. The fraction of sp³-hybridized carbons (Fsp3) is 1.00. The van der Waals surface area contributed by atoms with Gasteiger partial charge in [-0.15, -0.1) is 0 Å². The molecule has 0 spiro atoms. The third-order valence-corrected chi connectivity index (χ3v) is 2.25. The monoisotopic (exact) mass is 142 g/mol. The van der Waals surface area contributed by atoms with Gasteiger partial charge in [0.25, 0.3) is 0 Å². The molecule has 1 aliphatic rings. The van der Waals surface area contributed by atoms with E-state index < -0.39 is 0 Å². The van der Waals surface area contributed by atoms with Crippen LogP contribution >= 0.6 is 0 Å². The third kappa shape index (κ3) is 1.77. The summed E-state index contributed by atoms with van der Waals surface area (Å²) < 4.78 is 0. The van der Waals surface area contributed by atoms with Crippen molar-refractivity contribution in [1.29, 1.82) is 0 Å². The van der Waals surface area contributed by atoms with Gasteiger partial charge in [-0.25, -0.2) is 0 Å². The van der Waals surface area contributed by atoms with Crippen molar-refractivity contribution in [3.05, 3.63) is 4.91 Å². The second-order valence-corrected chi connectivity index (χ2v) is 2.90. The molecular weight excluding hydrogens is 128 g/mol. The highest BCUT2D eigenvalue weighted by atomic mass is 16.3. The van der Waals surface area contributed by atoms with Crippen LogP contribution in [0.15, 0.2) is 5.18 Å². The van der Waals surface area contributed by atoms with E-state index in [1.54, 1.807) is 0 Å². The highest BCUT2D eigenvalue weighted by molar-refractivity contribution is 4.79. The van der Waals surface area contributed by atoms with Gasteiger partial charge in [-0.1, -0.05) is 5.18 Å². The second kappa shape index (κ2) is 3.66. The average molecular weight is 142 g/mol. The molecule has 0 bridgehead atoms. The van der Waals surface area contributed by atoms with Crippen molar-refractivity contribution in [2.75, 3.05) is 7.05 Å². The Morgan fingerprint density at radius 3 is 2.30 bits per heavy atom. The largest absolute Gasteiger partial charge is 0.317 e. The summed E-state index contributed by atoms with van der Waals surface area (Å²) in [6, 6.07) is 0.725. The lowest BCUT2D eigenvalue weighted by Crippen LogP contribution is -2.31. The van der Waals surface area contributed by atoms with Crippen LogP contribution in [0, 0.1) is 4.91 Å². The summed E-state index contributed by atoms with van der Waals surface area (Å²) in [7, 11) is 1.97. The van der Waals surface area contributed by atoms with E-state index in [1.165, 1.54) is 0 Å². The molecular formula is C7H14N2O. The summed E-state index contributed by atoms with van der Waals surface area (Å²) in [5.74, 6) is 0. The number of rotatable bonds is 2. The maximum absolute atomic E-state index is 10.1. The summed E-state index contributed by atoms with van der Waals surface area (Å²) in [6.07, 6.45) is 4.14. The van der Waals surface area contributed by atoms with E-state index in [0.717, 1.165) is 25.7 Å². The Kier molecular flexibility index (Phi) is 2.81. The normalized spacial score (nSPS) is 33.7. The van der Waals surface area contributed by atoms with E-state index >= 15 is 0 Å². The van der Waals surface area contributed by atoms with Gasteiger partial charge in [0.05, 0.1) is 6.04 Å². The summed E-state index contributed by atoms with van der Waals surface area (Å²) in [5.41, 5.74) is 0. The molecule has 0 aliphatic heterocycles. The molecule has 10 heavy (non-hydrogen) atoms. The number of hydrogen-bond donors (Lipinski definition) is 1. The van der Waals surface area contributed by atoms with Gasteiger partial charge in [0.15, 0.2) is 0 Å². The van der Waals surface area contributed by atoms with Gasteiger partial charge in [-0.05, 0) is 32.7 Å². The first kappa shape index (κ1) is 7.66. The van der Waals surface area contributed by atoms with Crippen LogP contribution in [0.2, 0.25) is 0 Å². The quantitative estimate of drug-likeness (QED) is 0.590. The predicted molar refractivity (Wildman–Crippen MR) is 40.9 cm³/mol. The van der Waals surface area contributed by atoms with Crippen LogP contribution < -0.4 is 5.32 Å². The Balaban J connectivity index is 2.23. The lowest BCUT2D eigenvalue weighted by Gasteiger charge is -2.23. The number of nitroso groups, excluding NO2 is 1. The molecule has 0 aromatic rings. The lowest BCUT2D eigenvalue weighted by molar-refractivity contribution is 0.358. The van der Waals surface area contributed by atoms with Gasteiger partial charge < -0.3 is 5.32 Å². The Morgan fingerprint density at radius 2 is 1.90 bits per heavy atom. The molecule has 0 atom stereocenters. The van der Waals surface area contributed by atoms with E-state index in [0.29, 0.717) is 6.04 Å². The van der Waals surface area contributed by atoms with E-state index in [2.05, 4.69) is 10.5 Å². The van der Waals surface area contributed by atoms with E-state index in [9.17, 15) is 4.91 Å². The first-order valence-electron chi connectivity index (χ1n) is 3.86. The van der Waals surface area contributed by atoms with Crippen molar-refractivity contribution in [1.82, 2.24) is 5.32 Å². The molecule has 0 radical (unpaired) electrons. The van der Waals surface area contributed by atoms with Crippen molar-refractivity contribution in [2.45, 2.75) is 37.8 Å². The van der Waals surface area contributed by atoms with Crippen LogP contribution in [-0.2, 0) is 0 Å². The van der Waals surface area contributed by atoms with Crippen LogP contribution in [0.4, 0.5) is 0 Å². The van der Waals surface area contributed by atoms with Crippen LogP contribution in [0.25, 0.3) is 0 Å². The molecule has 3 heteroatoms. The molecule has 0 aromatic carbocycles. The first-order valence-corrected chi connectivity index (χ1v) is 3.86. The lowest BCUT2D eigenvalue weighted by atomic mass is 9.92. The molecule has 0 unspecified atom stereocenters. The summed E-state index contributed by atoms with van der Waals surface area (Å²) in [5, 5.41) is 6.24. The molecule has 0 saturated heterocycles. The Labute approximate surface area is 61.2 Å². The van der Waals surface area contributed by atoms with Gasteiger partial charge >= 0.3 is 0 Å². The number of hydrogen-bond acceptors (Lipinski definition) is 3. The van der Waals surface area contributed by atoms with Crippen molar-refractivity contribution >= 4 is 0 Å². The molecule has 1 rings (SSSR count). The van der Waals surface area contributed by atoms with E-state index in [-0.39, 0.29) is 6.04 Å². The van der Waals surface area contributed by atoms with Crippen molar-refractivity contribution in [3.63, 3.8) is 0 Å². The number of nitrogens with one attached hydrogen (secondary N) is 1. The zero-order chi connectivity index (χ0) is 7.40. The highest BCUT2D eigenvalue weighted by Crippen LogP contribution is 2.20. The zero-order valence-electron chi connectivity index (χ0n) is 6.34. The highest BCUT2D eigenvalue weighted by Gasteiger charge is 2.19. The van der Waals surface area contributed by atoms with E-state index in [4.69, 9.17) is 0 Å². The smallest absolute Gasteiger partial charge is 0.0921 e. The molecule has 1 aliphatic carbocycles. The summed E-state index contributed by atoms with van der Waals surface area (Å²) in [4.78, 5) is 10.1. The number of nitrogens with zero attached hydrogens (tertiary/aromatic N) is 1. The standard InChI is InChI=1S/C7H14N2O/c1-8-6-2-4-7(9-10)5-3-6/h6-8H,2-5H2,1H3. The van der Waals surface area contributed by atoms with Gasteiger partial charge in [0, 0.05) is 6.04 Å². The fourth-order valence-electron chi connectivity index (χ4n) is 1.47. The Morgan fingerprint density at radius 1 is 1.30 bits per heavy atom. The third-order valence-electron chi connectivity index (χ3n) is 2.25. The van der Waals surface area contributed by atoms with Crippen LogP contribution in [0.1, 0.15) is 25.7 Å². The molecule has 0 aromatic heterocycles. The first-order chi connectivity index (χ1) is 4.86. The Bertz CT molecular complexity index is 108. The molecule has 0 amide bonds. The zero-order valence-corrected chi connectivity index (χ0v) is 6.34. The summed E-state index contributed by atoms with van der Waals surface area (Å²) >= 11 is 0. The molecule has 3 nitrogen and oxygen atoms in total. The summed E-state index contributed by atoms with van der Waals surface area (Å²) in [6.45, 7) is 0. The molecule has 1 fully saturated rings. The Hall–Kier alpha value is -0.440. The van der Waals surface area contributed by atoms with Crippen molar-refractivity contribution in [3.8, 4) is 0 Å². The molecule has 1 saturated carbocycles. The minimum atomic E-state index is 0.101. The SMILES string of the molecule is CNC1CCC(N=O)CC1. The minimum Gasteiger partial charge on any atom is -0.317 e. The average Bonchev–Trinajstić information content (AvgIpc) is 2.05. The maximum Gasteiger partial charge on any atom is 0.0921 e. The van der Waals surface area contributed by atoms with Gasteiger partial charge in [-0.3, -0.25) is 0 Å².